The number of nitrogens with zero attached hydrogens (tertiary/aromatic N) is 1. The molecule has 1 N–H and O–H groups in total. The topological polar surface area (TPSA) is 58.6 Å². The van der Waals surface area contributed by atoms with Gasteiger partial charge in [-0.15, -0.1) is 0 Å². The number of carbonyl (C=O) groups is 2. The van der Waals surface area contributed by atoms with E-state index in [9.17, 15) is 9.59 Å². The molecular weight excluding hydrogens is 376 g/mol. The Hall–Kier alpha value is -2.50. The molecule has 1 aliphatic carbocycles. The fourth-order valence-electron chi connectivity index (χ4n) is 4.47. The van der Waals surface area contributed by atoms with Crippen molar-refractivity contribution in [3.05, 3.63) is 71.3 Å². The molecule has 0 unspecified atom stereocenters. The average molecular weight is 407 g/mol. The van der Waals surface area contributed by atoms with Crippen LogP contribution in [0.3, 0.4) is 0 Å². The molecule has 2 aliphatic rings. The second-order valence-corrected chi connectivity index (χ2v) is 8.59. The first-order chi connectivity index (χ1) is 14.5. The zero-order valence-electron chi connectivity index (χ0n) is 17.8. The van der Waals surface area contributed by atoms with Crippen molar-refractivity contribution in [2.75, 3.05) is 20.3 Å². The van der Waals surface area contributed by atoms with Crippen LogP contribution in [0.2, 0.25) is 0 Å². The number of amides is 1. The second kappa shape index (κ2) is 8.70. The molecule has 2 atom stereocenters. The van der Waals surface area contributed by atoms with Crippen LogP contribution in [0.4, 0.5) is 0 Å². The van der Waals surface area contributed by atoms with Gasteiger partial charge in [-0.1, -0.05) is 54.6 Å². The largest absolute Gasteiger partial charge is 0.382 e. The van der Waals surface area contributed by atoms with Gasteiger partial charge in [0.25, 0.3) is 0 Å². The van der Waals surface area contributed by atoms with E-state index in [1.807, 2.05) is 47.4 Å². The third kappa shape index (κ3) is 4.18. The maximum Gasteiger partial charge on any atom is 0.240 e. The van der Waals surface area contributed by atoms with E-state index in [4.69, 9.17) is 4.74 Å². The van der Waals surface area contributed by atoms with Crippen LogP contribution >= 0.6 is 0 Å². The van der Waals surface area contributed by atoms with E-state index >= 15 is 0 Å². The molecule has 0 aromatic heterocycles. The van der Waals surface area contributed by atoms with Crippen molar-refractivity contribution >= 4 is 11.7 Å². The van der Waals surface area contributed by atoms with E-state index in [-0.39, 0.29) is 23.8 Å². The molecule has 0 bridgehead atoms. The summed E-state index contributed by atoms with van der Waals surface area (Å²) in [6.45, 7) is 3.17. The van der Waals surface area contributed by atoms with E-state index in [0.717, 1.165) is 18.4 Å². The molecule has 1 saturated carbocycles. The van der Waals surface area contributed by atoms with Crippen molar-refractivity contribution in [2.24, 2.45) is 5.41 Å². The van der Waals surface area contributed by atoms with Gasteiger partial charge in [-0.3, -0.25) is 9.59 Å². The minimum atomic E-state index is -0.400. The Bertz CT molecular complexity index is 908. The molecule has 0 spiro atoms. The summed E-state index contributed by atoms with van der Waals surface area (Å²) >= 11 is 0. The molecule has 30 heavy (non-hydrogen) atoms. The van der Waals surface area contributed by atoms with Crippen molar-refractivity contribution < 1.29 is 14.3 Å². The number of methoxy groups -OCH3 is 1. The van der Waals surface area contributed by atoms with Crippen molar-refractivity contribution in [1.82, 2.24) is 10.2 Å². The van der Waals surface area contributed by atoms with Crippen LogP contribution in [0.5, 0.6) is 0 Å². The SMILES string of the molecule is COC[C@@H](c1ccccc1)N(CC1(C(C)=O)CC1)C(=O)[C@@H]1Cc2ccccc2CN1. The number of ether oxygens (including phenoxy) is 1. The molecule has 1 aliphatic heterocycles. The van der Waals surface area contributed by atoms with Crippen LogP contribution < -0.4 is 5.32 Å². The summed E-state index contributed by atoms with van der Waals surface area (Å²) in [5.74, 6) is 0.217. The lowest BCUT2D eigenvalue weighted by Crippen LogP contribution is -2.53. The average Bonchev–Trinajstić information content (AvgIpc) is 3.57. The van der Waals surface area contributed by atoms with E-state index in [0.29, 0.717) is 26.1 Å². The number of hydrogen-bond donors (Lipinski definition) is 1. The van der Waals surface area contributed by atoms with Crippen molar-refractivity contribution in [2.45, 2.75) is 44.8 Å². The van der Waals surface area contributed by atoms with Crippen LogP contribution in [0.15, 0.2) is 54.6 Å². The van der Waals surface area contributed by atoms with Crippen LogP contribution in [-0.2, 0) is 27.3 Å². The Morgan fingerprint density at radius 3 is 2.40 bits per heavy atom. The highest BCUT2D eigenvalue weighted by atomic mass is 16.5. The van der Waals surface area contributed by atoms with Crippen molar-refractivity contribution in [3.63, 3.8) is 0 Å². The molecule has 0 radical (unpaired) electrons. The third-order valence-electron chi connectivity index (χ3n) is 6.62. The Morgan fingerprint density at radius 1 is 1.10 bits per heavy atom. The minimum Gasteiger partial charge on any atom is -0.382 e. The van der Waals surface area contributed by atoms with Gasteiger partial charge in [0.1, 0.15) is 5.78 Å². The molecule has 4 rings (SSSR count). The van der Waals surface area contributed by atoms with Gasteiger partial charge in [-0.25, -0.2) is 0 Å². The third-order valence-corrected chi connectivity index (χ3v) is 6.62. The first-order valence-corrected chi connectivity index (χ1v) is 10.7. The summed E-state index contributed by atoms with van der Waals surface area (Å²) < 4.78 is 5.53. The first-order valence-electron chi connectivity index (χ1n) is 10.7. The van der Waals surface area contributed by atoms with Crippen LogP contribution in [0.25, 0.3) is 0 Å². The van der Waals surface area contributed by atoms with Crippen LogP contribution in [-0.4, -0.2) is 42.9 Å². The fourth-order valence-corrected chi connectivity index (χ4v) is 4.47. The van der Waals surface area contributed by atoms with Crippen LogP contribution in [0, 0.1) is 5.41 Å². The predicted octanol–water partition coefficient (Wildman–Crippen LogP) is 3.29. The van der Waals surface area contributed by atoms with Gasteiger partial charge in [0.2, 0.25) is 5.91 Å². The Balaban J connectivity index is 1.64. The lowest BCUT2D eigenvalue weighted by molar-refractivity contribution is -0.139. The van der Waals surface area contributed by atoms with Crippen LogP contribution in [0.1, 0.15) is 42.5 Å². The first kappa shape index (κ1) is 20.8. The molecule has 5 heteroatoms. The fraction of sp³-hybridized carbons (Fsp3) is 0.440. The summed E-state index contributed by atoms with van der Waals surface area (Å²) in [5.41, 5.74) is 3.09. The number of hydrogen-bond acceptors (Lipinski definition) is 4. The smallest absolute Gasteiger partial charge is 0.240 e. The number of rotatable bonds is 8. The number of nitrogens with one attached hydrogen (secondary N) is 1. The molecule has 0 saturated heterocycles. The molecule has 2 aromatic rings. The molecule has 1 heterocycles. The number of benzene rings is 2. The lowest BCUT2D eigenvalue weighted by atomic mass is 9.93. The van der Waals surface area contributed by atoms with E-state index in [1.165, 1.54) is 11.1 Å². The minimum absolute atomic E-state index is 0.0444. The molecular formula is C25H30N2O3. The van der Waals surface area contributed by atoms with Crippen molar-refractivity contribution in [1.29, 1.82) is 0 Å². The normalized spacial score (nSPS) is 20.1. The van der Waals surface area contributed by atoms with Gasteiger partial charge in [-0.05, 0) is 42.9 Å². The van der Waals surface area contributed by atoms with E-state index < -0.39 is 5.41 Å². The van der Waals surface area contributed by atoms with Crippen molar-refractivity contribution in [3.8, 4) is 0 Å². The molecule has 5 nitrogen and oxygen atoms in total. The summed E-state index contributed by atoms with van der Waals surface area (Å²) in [7, 11) is 1.66. The summed E-state index contributed by atoms with van der Waals surface area (Å²) in [4.78, 5) is 28.1. The zero-order chi connectivity index (χ0) is 21.1. The molecule has 158 valence electrons. The Labute approximate surface area is 178 Å². The number of Topliss-reactive ketones (excluding diaryl/α,β-unsaturated/α-hetero) is 1. The summed E-state index contributed by atoms with van der Waals surface area (Å²) in [6, 6.07) is 17.7. The maximum atomic E-state index is 13.8. The Morgan fingerprint density at radius 2 is 1.77 bits per heavy atom. The number of carbonyl (C=O) groups excluding carboxylic acids is 2. The van der Waals surface area contributed by atoms with Gasteiger partial charge < -0.3 is 15.0 Å². The number of fused-ring (bicyclic) bond motifs is 1. The zero-order valence-corrected chi connectivity index (χ0v) is 17.8. The highest BCUT2D eigenvalue weighted by molar-refractivity contribution is 5.88. The van der Waals surface area contributed by atoms with E-state index in [1.54, 1.807) is 14.0 Å². The van der Waals surface area contributed by atoms with Gasteiger partial charge in [-0.2, -0.15) is 0 Å². The Kier molecular flexibility index (Phi) is 6.02. The standard InChI is InChI=1S/C25H30N2O3/c1-18(28)25(12-13-25)17-27(23(16-30-2)19-8-4-3-5-9-19)24(29)22-14-20-10-6-7-11-21(20)15-26-22/h3-11,22-23,26H,12-17H2,1-2H3/t22-,23-/m0/s1. The summed E-state index contributed by atoms with van der Waals surface area (Å²) in [6.07, 6.45) is 2.36. The molecule has 1 amide bonds. The van der Waals surface area contributed by atoms with Gasteiger partial charge in [0.05, 0.1) is 18.7 Å². The lowest BCUT2D eigenvalue weighted by Gasteiger charge is -2.38. The summed E-state index contributed by atoms with van der Waals surface area (Å²) in [5, 5.41) is 3.42. The highest BCUT2D eigenvalue weighted by Gasteiger charge is 2.50. The van der Waals surface area contributed by atoms with Gasteiger partial charge in [0.15, 0.2) is 0 Å². The maximum absolute atomic E-state index is 13.8. The predicted molar refractivity (Wildman–Crippen MR) is 116 cm³/mol. The van der Waals surface area contributed by atoms with Gasteiger partial charge >= 0.3 is 0 Å². The monoisotopic (exact) mass is 406 g/mol. The van der Waals surface area contributed by atoms with E-state index in [2.05, 4.69) is 17.4 Å². The number of ketones is 1. The quantitative estimate of drug-likeness (QED) is 0.731. The molecule has 1 fully saturated rings. The molecule has 2 aromatic carbocycles. The second-order valence-electron chi connectivity index (χ2n) is 8.59. The van der Waals surface area contributed by atoms with Gasteiger partial charge in [0, 0.05) is 25.6 Å². The highest BCUT2D eigenvalue weighted by Crippen LogP contribution is 2.48.